The second kappa shape index (κ2) is 7.62. The topological polar surface area (TPSA) is 47.3 Å². The third-order valence-electron chi connectivity index (χ3n) is 2.91. The molecule has 0 aliphatic heterocycles. The predicted molar refractivity (Wildman–Crippen MR) is 79.3 cm³/mol. The van der Waals surface area contributed by atoms with E-state index in [-0.39, 0.29) is 0 Å². The van der Waals surface area contributed by atoms with Gasteiger partial charge in [-0.3, -0.25) is 0 Å². The van der Waals surface area contributed by atoms with Crippen molar-refractivity contribution in [3.63, 3.8) is 0 Å². The van der Waals surface area contributed by atoms with Crippen LogP contribution in [-0.2, 0) is 11.3 Å². The lowest BCUT2D eigenvalue weighted by molar-refractivity contribution is 0.0672. The van der Waals surface area contributed by atoms with Crippen molar-refractivity contribution >= 4 is 6.08 Å². The average Bonchev–Trinajstić information content (AvgIpc) is 2.97. The Bertz CT molecular complexity index is 518. The van der Waals surface area contributed by atoms with Crippen molar-refractivity contribution in [1.29, 1.82) is 0 Å². The predicted octanol–water partition coefficient (Wildman–Crippen LogP) is 2.34. The molecule has 0 spiro atoms. The van der Waals surface area contributed by atoms with Crippen LogP contribution in [-0.4, -0.2) is 34.0 Å². The van der Waals surface area contributed by atoms with Crippen molar-refractivity contribution in [2.24, 2.45) is 0 Å². The summed E-state index contributed by atoms with van der Waals surface area (Å²) in [5, 5.41) is 9.65. The quantitative estimate of drug-likeness (QED) is 0.841. The monoisotopic (exact) mass is 272 g/mol. The minimum absolute atomic E-state index is 0.339. The fraction of sp³-hybridized carbons (Fsp3) is 0.312. The van der Waals surface area contributed by atoms with Crippen LogP contribution in [0.1, 0.15) is 18.1 Å². The van der Waals surface area contributed by atoms with Gasteiger partial charge in [0.1, 0.15) is 0 Å². The first-order chi connectivity index (χ1) is 9.78. The highest BCUT2D eigenvalue weighted by Crippen LogP contribution is 2.08. The van der Waals surface area contributed by atoms with Crippen LogP contribution in [0.15, 0.2) is 49.1 Å². The summed E-state index contributed by atoms with van der Waals surface area (Å²) in [5.41, 5.74) is 2.28. The summed E-state index contributed by atoms with van der Waals surface area (Å²) in [6.45, 7) is 3.69. The molecule has 4 nitrogen and oxygen atoms in total. The summed E-state index contributed by atoms with van der Waals surface area (Å²) < 4.78 is 7.18. The van der Waals surface area contributed by atoms with Gasteiger partial charge in [0.2, 0.25) is 0 Å². The number of aliphatic hydroxyl groups is 1. The lowest BCUT2D eigenvalue weighted by Crippen LogP contribution is -2.11. The highest BCUT2D eigenvalue weighted by molar-refractivity contribution is 5.50. The van der Waals surface area contributed by atoms with Crippen LogP contribution in [0, 0.1) is 0 Å². The average molecular weight is 272 g/mol. The van der Waals surface area contributed by atoms with Crippen molar-refractivity contribution in [1.82, 2.24) is 9.55 Å². The summed E-state index contributed by atoms with van der Waals surface area (Å²) in [4.78, 5) is 4.02. The molecule has 0 saturated carbocycles. The molecule has 1 N–H and O–H groups in total. The van der Waals surface area contributed by atoms with Crippen LogP contribution >= 0.6 is 0 Å². The number of imidazole rings is 1. The van der Waals surface area contributed by atoms with Crippen LogP contribution < -0.4 is 0 Å². The van der Waals surface area contributed by atoms with Gasteiger partial charge in [-0.15, -0.1) is 0 Å². The first-order valence-electron chi connectivity index (χ1n) is 6.76. The molecule has 0 fully saturated rings. The third-order valence-corrected chi connectivity index (χ3v) is 2.91. The van der Waals surface area contributed by atoms with Gasteiger partial charge >= 0.3 is 0 Å². The van der Waals surface area contributed by atoms with E-state index in [4.69, 9.17) is 4.74 Å². The van der Waals surface area contributed by atoms with Crippen LogP contribution in [0.25, 0.3) is 6.08 Å². The van der Waals surface area contributed by atoms with E-state index in [0.29, 0.717) is 13.2 Å². The first-order valence-corrected chi connectivity index (χ1v) is 6.76. The maximum atomic E-state index is 9.65. The van der Waals surface area contributed by atoms with Gasteiger partial charge in [-0.25, -0.2) is 4.98 Å². The van der Waals surface area contributed by atoms with Crippen molar-refractivity contribution < 1.29 is 9.84 Å². The van der Waals surface area contributed by atoms with E-state index in [1.165, 1.54) is 5.56 Å². The molecule has 1 unspecified atom stereocenters. The molecule has 2 aromatic rings. The molecule has 4 heteroatoms. The number of aromatic nitrogens is 2. The van der Waals surface area contributed by atoms with Crippen LogP contribution in [0.5, 0.6) is 0 Å². The highest BCUT2D eigenvalue weighted by atomic mass is 16.5. The maximum absolute atomic E-state index is 9.65. The van der Waals surface area contributed by atoms with E-state index in [1.54, 1.807) is 18.6 Å². The molecular weight excluding hydrogens is 252 g/mol. The number of ether oxygens (including phenoxy) is 1. The zero-order valence-electron chi connectivity index (χ0n) is 11.6. The Morgan fingerprint density at radius 1 is 1.35 bits per heavy atom. The van der Waals surface area contributed by atoms with E-state index < -0.39 is 6.10 Å². The fourth-order valence-corrected chi connectivity index (χ4v) is 1.84. The first kappa shape index (κ1) is 14.5. The van der Waals surface area contributed by atoms with Gasteiger partial charge in [-0.05, 0) is 18.1 Å². The Kier molecular flexibility index (Phi) is 5.53. The summed E-state index contributed by atoms with van der Waals surface area (Å²) >= 11 is 0. The second-order valence-electron chi connectivity index (χ2n) is 4.56. The van der Waals surface area contributed by atoms with Gasteiger partial charge in [0.05, 0.1) is 19.0 Å². The van der Waals surface area contributed by atoms with Gasteiger partial charge in [0, 0.05) is 25.5 Å². The Balaban J connectivity index is 1.89. The van der Waals surface area contributed by atoms with Gasteiger partial charge in [0.15, 0.2) is 0 Å². The number of benzene rings is 1. The number of hydrogen-bond acceptors (Lipinski definition) is 3. The van der Waals surface area contributed by atoms with Crippen LogP contribution in [0.4, 0.5) is 0 Å². The normalized spacial score (nSPS) is 12.9. The number of aliphatic hydroxyl groups excluding tert-OH is 1. The van der Waals surface area contributed by atoms with Gasteiger partial charge in [0.25, 0.3) is 0 Å². The Morgan fingerprint density at radius 3 is 2.80 bits per heavy atom. The van der Waals surface area contributed by atoms with Crippen LogP contribution in [0.3, 0.4) is 0 Å². The van der Waals surface area contributed by atoms with Gasteiger partial charge < -0.3 is 14.4 Å². The molecule has 1 atom stereocenters. The molecule has 2 rings (SSSR count). The van der Waals surface area contributed by atoms with Crippen molar-refractivity contribution in [2.75, 3.05) is 13.2 Å². The van der Waals surface area contributed by atoms with E-state index in [1.807, 2.05) is 35.9 Å². The smallest absolute Gasteiger partial charge is 0.0957 e. The molecule has 0 saturated heterocycles. The standard InChI is InChI=1S/C16H20N2O2/c1-2-20-12-16(19)8-7-14-3-5-15(6-4-14)11-18-10-9-17-13-18/h3-10,13,16,19H,2,11-12H2,1H3. The molecular formula is C16H20N2O2. The Morgan fingerprint density at radius 2 is 2.15 bits per heavy atom. The molecule has 1 heterocycles. The third kappa shape index (κ3) is 4.64. The van der Waals surface area contributed by atoms with E-state index in [2.05, 4.69) is 17.1 Å². The lowest BCUT2D eigenvalue weighted by atomic mass is 10.1. The summed E-state index contributed by atoms with van der Waals surface area (Å²) in [5.74, 6) is 0. The largest absolute Gasteiger partial charge is 0.387 e. The maximum Gasteiger partial charge on any atom is 0.0957 e. The highest BCUT2D eigenvalue weighted by Gasteiger charge is 1.98. The molecule has 0 aliphatic carbocycles. The minimum atomic E-state index is -0.555. The summed E-state index contributed by atoms with van der Waals surface area (Å²) in [7, 11) is 0. The summed E-state index contributed by atoms with van der Waals surface area (Å²) in [6.07, 6.45) is 8.62. The molecule has 20 heavy (non-hydrogen) atoms. The van der Waals surface area contributed by atoms with Crippen LogP contribution in [0.2, 0.25) is 0 Å². The second-order valence-corrected chi connectivity index (χ2v) is 4.56. The number of hydrogen-bond donors (Lipinski definition) is 1. The van der Waals surface area contributed by atoms with Gasteiger partial charge in [-0.1, -0.05) is 36.4 Å². The van der Waals surface area contributed by atoms with E-state index in [0.717, 1.165) is 12.1 Å². The van der Waals surface area contributed by atoms with E-state index in [9.17, 15) is 5.11 Å². The van der Waals surface area contributed by atoms with Crippen molar-refractivity contribution in [2.45, 2.75) is 19.6 Å². The molecule has 1 aromatic carbocycles. The number of rotatable bonds is 7. The molecule has 0 amide bonds. The fourth-order valence-electron chi connectivity index (χ4n) is 1.84. The van der Waals surface area contributed by atoms with E-state index >= 15 is 0 Å². The Hall–Kier alpha value is -1.91. The molecule has 106 valence electrons. The Labute approximate surface area is 119 Å². The molecule has 0 bridgehead atoms. The SMILES string of the molecule is CCOCC(O)C=Cc1ccc(Cn2ccnc2)cc1. The van der Waals surface area contributed by atoms with Crippen molar-refractivity contribution in [3.8, 4) is 0 Å². The molecule has 0 aliphatic rings. The lowest BCUT2D eigenvalue weighted by Gasteiger charge is -2.05. The zero-order chi connectivity index (χ0) is 14.2. The van der Waals surface area contributed by atoms with Gasteiger partial charge in [-0.2, -0.15) is 0 Å². The molecule has 0 radical (unpaired) electrons. The zero-order valence-corrected chi connectivity index (χ0v) is 11.6. The van der Waals surface area contributed by atoms with Crippen molar-refractivity contribution in [3.05, 3.63) is 60.2 Å². The summed E-state index contributed by atoms with van der Waals surface area (Å²) in [6, 6.07) is 8.23. The molecule has 1 aromatic heterocycles. The minimum Gasteiger partial charge on any atom is -0.387 e. The number of nitrogens with zero attached hydrogens (tertiary/aromatic N) is 2.